The molecule has 0 fully saturated rings. The first-order chi connectivity index (χ1) is 13.8. The number of carbonyl (C=O) groups excluding carboxylic acids is 1. The van der Waals surface area contributed by atoms with E-state index < -0.39 is 0 Å². The van der Waals surface area contributed by atoms with Crippen molar-refractivity contribution in [1.82, 2.24) is 30.0 Å². The number of nitrogens with zero attached hydrogens (tertiary/aromatic N) is 4. The number of aromatic amines is 2. The van der Waals surface area contributed by atoms with Crippen LogP contribution in [0.5, 0.6) is 0 Å². The molecule has 0 spiro atoms. The van der Waals surface area contributed by atoms with Gasteiger partial charge in [-0.25, -0.2) is 9.97 Å². The van der Waals surface area contributed by atoms with Crippen molar-refractivity contribution in [1.29, 1.82) is 0 Å². The molecule has 138 valence electrons. The van der Waals surface area contributed by atoms with Gasteiger partial charge in [0.25, 0.3) is 5.91 Å². The third kappa shape index (κ3) is 2.87. The molecule has 4 aromatic rings. The smallest absolute Gasteiger partial charge is 0.254 e. The Hall–Kier alpha value is -3.74. The minimum atomic E-state index is 0.00491. The Labute approximate surface area is 161 Å². The number of rotatable bonds is 3. The molecule has 1 aliphatic heterocycles. The van der Waals surface area contributed by atoms with Crippen molar-refractivity contribution in [3.05, 3.63) is 89.8 Å². The lowest BCUT2D eigenvalue weighted by molar-refractivity contribution is 0.0722. The molecule has 1 amide bonds. The highest BCUT2D eigenvalue weighted by Crippen LogP contribution is 2.32. The first-order valence-electron chi connectivity index (χ1n) is 9.12. The van der Waals surface area contributed by atoms with Gasteiger partial charge in [-0.3, -0.25) is 9.89 Å². The monoisotopic (exact) mass is 370 g/mol. The number of amides is 1. The van der Waals surface area contributed by atoms with Gasteiger partial charge in [0.05, 0.1) is 24.3 Å². The maximum absolute atomic E-state index is 13.2. The van der Waals surface area contributed by atoms with E-state index in [1.54, 1.807) is 6.33 Å². The van der Waals surface area contributed by atoms with Crippen LogP contribution in [-0.4, -0.2) is 42.5 Å². The van der Waals surface area contributed by atoms with Crippen LogP contribution in [0.15, 0.2) is 67.3 Å². The van der Waals surface area contributed by atoms with Gasteiger partial charge in [0, 0.05) is 23.6 Å². The number of aromatic nitrogens is 5. The fourth-order valence-electron chi connectivity index (χ4n) is 3.72. The van der Waals surface area contributed by atoms with E-state index in [1.807, 2.05) is 47.4 Å². The van der Waals surface area contributed by atoms with Crippen molar-refractivity contribution in [2.75, 3.05) is 6.54 Å². The molecule has 3 heterocycles. The topological polar surface area (TPSA) is 90.6 Å². The van der Waals surface area contributed by atoms with Gasteiger partial charge >= 0.3 is 0 Å². The number of fused-ring (bicyclic) bond motifs is 1. The number of H-pyrrole nitrogens is 2. The van der Waals surface area contributed by atoms with Gasteiger partial charge in [0.1, 0.15) is 6.33 Å². The average molecular weight is 370 g/mol. The highest BCUT2D eigenvalue weighted by molar-refractivity contribution is 5.94. The van der Waals surface area contributed by atoms with Gasteiger partial charge in [-0.2, -0.15) is 5.10 Å². The lowest BCUT2D eigenvalue weighted by Gasteiger charge is -2.32. The van der Waals surface area contributed by atoms with Crippen LogP contribution in [0, 0.1) is 0 Å². The van der Waals surface area contributed by atoms with E-state index in [2.05, 4.69) is 37.3 Å². The molecular weight excluding hydrogens is 352 g/mol. The molecule has 1 atom stereocenters. The zero-order valence-electron chi connectivity index (χ0n) is 15.0. The summed E-state index contributed by atoms with van der Waals surface area (Å²) in [7, 11) is 0. The van der Waals surface area contributed by atoms with Crippen molar-refractivity contribution in [2.45, 2.75) is 12.5 Å². The molecule has 1 unspecified atom stereocenters. The first kappa shape index (κ1) is 16.4. The standard InChI is InChI=1S/C21H18N6O/c28-21(16-8-6-15(7-9-16)20-24-13-25-26-20)27-10-17(14-4-2-1-3-5-14)19-18(11-27)22-12-23-19/h1-9,12-13,17H,10-11H2,(H,22,23)(H,24,25,26). The predicted molar refractivity (Wildman–Crippen MR) is 103 cm³/mol. The number of imidazole rings is 1. The molecule has 2 aromatic heterocycles. The number of hydrogen-bond donors (Lipinski definition) is 2. The number of nitrogens with one attached hydrogen (secondary N) is 2. The van der Waals surface area contributed by atoms with Crippen LogP contribution in [0.2, 0.25) is 0 Å². The Bertz CT molecular complexity index is 1090. The summed E-state index contributed by atoms with van der Waals surface area (Å²) in [6, 6.07) is 17.6. The molecule has 0 aliphatic carbocycles. The summed E-state index contributed by atoms with van der Waals surface area (Å²) in [6.45, 7) is 1.13. The van der Waals surface area contributed by atoms with Gasteiger partial charge in [-0.15, -0.1) is 0 Å². The lowest BCUT2D eigenvalue weighted by atomic mass is 9.90. The van der Waals surface area contributed by atoms with Gasteiger partial charge < -0.3 is 9.88 Å². The lowest BCUT2D eigenvalue weighted by Crippen LogP contribution is -2.38. The maximum Gasteiger partial charge on any atom is 0.254 e. The van der Waals surface area contributed by atoms with Gasteiger partial charge in [0.15, 0.2) is 5.82 Å². The van der Waals surface area contributed by atoms with E-state index in [1.165, 1.54) is 6.33 Å². The molecular formula is C21H18N6O. The van der Waals surface area contributed by atoms with Crippen LogP contribution in [0.4, 0.5) is 0 Å². The van der Waals surface area contributed by atoms with E-state index in [0.29, 0.717) is 24.5 Å². The summed E-state index contributed by atoms with van der Waals surface area (Å²) in [5.74, 6) is 0.752. The molecule has 5 rings (SSSR count). The maximum atomic E-state index is 13.2. The highest BCUT2D eigenvalue weighted by atomic mass is 16.2. The van der Waals surface area contributed by atoms with Gasteiger partial charge in [0.2, 0.25) is 0 Å². The first-order valence-corrected chi connectivity index (χ1v) is 9.12. The second kappa shape index (κ2) is 6.77. The van der Waals surface area contributed by atoms with Crippen molar-refractivity contribution in [3.8, 4) is 11.4 Å². The molecule has 0 bridgehead atoms. The van der Waals surface area contributed by atoms with E-state index in [0.717, 1.165) is 22.5 Å². The van der Waals surface area contributed by atoms with Crippen LogP contribution >= 0.6 is 0 Å². The third-order valence-corrected chi connectivity index (χ3v) is 5.14. The molecule has 2 aromatic carbocycles. The Morgan fingerprint density at radius 3 is 2.61 bits per heavy atom. The number of hydrogen-bond acceptors (Lipinski definition) is 4. The Kier molecular flexibility index (Phi) is 3.97. The molecule has 0 saturated heterocycles. The normalized spacial score (nSPS) is 16.0. The quantitative estimate of drug-likeness (QED) is 0.580. The fraction of sp³-hybridized carbons (Fsp3) is 0.143. The summed E-state index contributed by atoms with van der Waals surface area (Å²) in [5, 5.41) is 6.69. The minimum Gasteiger partial charge on any atom is -0.347 e. The van der Waals surface area contributed by atoms with Crippen molar-refractivity contribution in [2.24, 2.45) is 0 Å². The molecule has 7 heteroatoms. The van der Waals surface area contributed by atoms with E-state index in [4.69, 9.17) is 0 Å². The highest BCUT2D eigenvalue weighted by Gasteiger charge is 2.31. The molecule has 0 saturated carbocycles. The Morgan fingerprint density at radius 2 is 1.86 bits per heavy atom. The molecule has 2 N–H and O–H groups in total. The zero-order chi connectivity index (χ0) is 18.9. The summed E-state index contributed by atoms with van der Waals surface area (Å²) >= 11 is 0. The van der Waals surface area contributed by atoms with E-state index in [-0.39, 0.29) is 11.8 Å². The molecule has 7 nitrogen and oxygen atoms in total. The largest absolute Gasteiger partial charge is 0.347 e. The zero-order valence-corrected chi connectivity index (χ0v) is 15.0. The second-order valence-electron chi connectivity index (χ2n) is 6.83. The molecule has 28 heavy (non-hydrogen) atoms. The van der Waals surface area contributed by atoms with Crippen LogP contribution in [0.25, 0.3) is 11.4 Å². The summed E-state index contributed by atoms with van der Waals surface area (Å²) in [5.41, 5.74) is 4.72. The summed E-state index contributed by atoms with van der Waals surface area (Å²) in [6.07, 6.45) is 3.18. The second-order valence-corrected chi connectivity index (χ2v) is 6.83. The Morgan fingerprint density at radius 1 is 1.04 bits per heavy atom. The SMILES string of the molecule is O=C(c1ccc(-c2ncn[nH]2)cc1)N1Cc2[nH]cnc2C(c2ccccc2)C1. The van der Waals surface area contributed by atoms with Crippen molar-refractivity contribution < 1.29 is 4.79 Å². The third-order valence-electron chi connectivity index (χ3n) is 5.14. The van der Waals surface area contributed by atoms with E-state index >= 15 is 0 Å². The predicted octanol–water partition coefficient (Wildman–Crippen LogP) is 2.98. The van der Waals surface area contributed by atoms with Gasteiger partial charge in [-0.05, 0) is 17.7 Å². The Balaban J connectivity index is 1.42. The van der Waals surface area contributed by atoms with Crippen LogP contribution in [0.3, 0.4) is 0 Å². The van der Waals surface area contributed by atoms with Crippen LogP contribution < -0.4 is 0 Å². The summed E-state index contributed by atoms with van der Waals surface area (Å²) < 4.78 is 0. The fourth-order valence-corrected chi connectivity index (χ4v) is 3.72. The molecule has 0 radical (unpaired) electrons. The average Bonchev–Trinajstić information content (AvgIpc) is 3.45. The number of benzene rings is 2. The summed E-state index contributed by atoms with van der Waals surface area (Å²) in [4.78, 5) is 26.9. The van der Waals surface area contributed by atoms with Crippen LogP contribution in [0.1, 0.15) is 33.2 Å². The van der Waals surface area contributed by atoms with Crippen LogP contribution in [-0.2, 0) is 6.54 Å². The van der Waals surface area contributed by atoms with Gasteiger partial charge in [-0.1, -0.05) is 42.5 Å². The van der Waals surface area contributed by atoms with Crippen molar-refractivity contribution in [3.63, 3.8) is 0 Å². The van der Waals surface area contributed by atoms with E-state index in [9.17, 15) is 4.79 Å². The van der Waals surface area contributed by atoms with Crippen molar-refractivity contribution >= 4 is 5.91 Å². The minimum absolute atomic E-state index is 0.00491. The molecule has 1 aliphatic rings. The number of carbonyl (C=O) groups is 1.